The van der Waals surface area contributed by atoms with Crippen molar-refractivity contribution in [1.82, 2.24) is 10.2 Å². The van der Waals surface area contributed by atoms with Crippen molar-refractivity contribution >= 4 is 0 Å². The molecule has 1 aliphatic rings. The number of rotatable bonds is 8. The van der Waals surface area contributed by atoms with E-state index in [4.69, 9.17) is 0 Å². The van der Waals surface area contributed by atoms with E-state index in [1.165, 1.54) is 51.5 Å². The molecule has 2 atom stereocenters. The molecule has 0 bridgehead atoms. The van der Waals surface area contributed by atoms with Gasteiger partial charge in [-0.1, -0.05) is 40.0 Å². The number of hydrogen-bond donors (Lipinski definition) is 1. The minimum atomic E-state index is 0.672. The van der Waals surface area contributed by atoms with Crippen LogP contribution in [0.3, 0.4) is 0 Å². The van der Waals surface area contributed by atoms with Gasteiger partial charge in [-0.25, -0.2) is 0 Å². The maximum Gasteiger partial charge on any atom is 0.0249 e. The molecule has 1 fully saturated rings. The van der Waals surface area contributed by atoms with Crippen LogP contribution >= 0.6 is 0 Å². The van der Waals surface area contributed by atoms with Crippen molar-refractivity contribution in [3.05, 3.63) is 0 Å². The first kappa shape index (κ1) is 15.0. The van der Waals surface area contributed by atoms with Gasteiger partial charge < -0.3 is 5.32 Å². The molecule has 0 aromatic heterocycles. The average molecular weight is 240 g/mol. The topological polar surface area (TPSA) is 15.3 Å². The van der Waals surface area contributed by atoms with Gasteiger partial charge >= 0.3 is 0 Å². The Hall–Kier alpha value is -0.0800. The van der Waals surface area contributed by atoms with E-state index < -0.39 is 0 Å². The van der Waals surface area contributed by atoms with Gasteiger partial charge in [-0.2, -0.15) is 0 Å². The molecule has 0 aliphatic heterocycles. The van der Waals surface area contributed by atoms with Gasteiger partial charge in [0.2, 0.25) is 0 Å². The van der Waals surface area contributed by atoms with E-state index in [0.717, 1.165) is 12.1 Å². The summed E-state index contributed by atoms with van der Waals surface area (Å²) in [5, 5.41) is 3.55. The Kier molecular flexibility index (Phi) is 7.14. The van der Waals surface area contributed by atoms with Crippen LogP contribution in [0, 0.1) is 0 Å². The van der Waals surface area contributed by atoms with Gasteiger partial charge in [-0.15, -0.1) is 0 Å². The molecule has 0 amide bonds. The van der Waals surface area contributed by atoms with Gasteiger partial charge in [0.1, 0.15) is 0 Å². The monoisotopic (exact) mass is 240 g/mol. The zero-order valence-electron chi connectivity index (χ0n) is 12.3. The Morgan fingerprint density at radius 2 is 1.82 bits per heavy atom. The molecule has 0 heterocycles. The van der Waals surface area contributed by atoms with Crippen LogP contribution in [0.1, 0.15) is 65.7 Å². The van der Waals surface area contributed by atoms with Gasteiger partial charge in [0, 0.05) is 18.1 Å². The lowest BCUT2D eigenvalue weighted by atomic mass is 9.97. The highest BCUT2D eigenvalue weighted by Crippen LogP contribution is 2.27. The van der Waals surface area contributed by atoms with Crippen LogP contribution in [0.5, 0.6) is 0 Å². The van der Waals surface area contributed by atoms with Gasteiger partial charge in [0.15, 0.2) is 0 Å². The summed E-state index contributed by atoms with van der Waals surface area (Å²) in [5.74, 6) is 0. The van der Waals surface area contributed by atoms with E-state index in [1.54, 1.807) is 0 Å². The van der Waals surface area contributed by atoms with E-state index in [-0.39, 0.29) is 0 Å². The highest BCUT2D eigenvalue weighted by atomic mass is 15.2. The largest absolute Gasteiger partial charge is 0.315 e. The lowest BCUT2D eigenvalue weighted by molar-refractivity contribution is 0.107. The summed E-state index contributed by atoms with van der Waals surface area (Å²) in [6, 6.07) is 2.26. The number of likely N-dealkylation sites (N-methyl/N-ethyl adjacent to an activating group) is 2. The van der Waals surface area contributed by atoms with Gasteiger partial charge in [-0.05, 0) is 39.3 Å². The van der Waals surface area contributed by atoms with E-state index in [2.05, 4.69) is 38.0 Å². The third-order valence-corrected chi connectivity index (χ3v) is 4.44. The molecule has 17 heavy (non-hydrogen) atoms. The molecule has 1 N–H and O–H groups in total. The Balaban J connectivity index is 2.66. The Bertz CT molecular complexity index is 187. The first-order valence-electron chi connectivity index (χ1n) is 7.71. The molecule has 1 aliphatic carbocycles. The van der Waals surface area contributed by atoms with Gasteiger partial charge in [0.25, 0.3) is 0 Å². The summed E-state index contributed by atoms with van der Waals surface area (Å²) in [6.45, 7) is 8.19. The number of nitrogens with zero attached hydrogens (tertiary/aromatic N) is 1. The van der Waals surface area contributed by atoms with Crippen molar-refractivity contribution in [2.24, 2.45) is 0 Å². The van der Waals surface area contributed by atoms with E-state index >= 15 is 0 Å². The summed E-state index contributed by atoms with van der Waals surface area (Å²) in [5.41, 5.74) is 0. The summed E-state index contributed by atoms with van der Waals surface area (Å²) in [6.07, 6.45) is 9.59. The van der Waals surface area contributed by atoms with Crippen LogP contribution in [-0.4, -0.2) is 36.6 Å². The van der Waals surface area contributed by atoms with E-state index in [1.807, 2.05) is 0 Å². The standard InChI is InChI=1S/C15H32N2/c1-5-10-14(16-4)15(6-2)17(7-3)13-11-8-9-12-13/h13-16H,5-12H2,1-4H3. The van der Waals surface area contributed by atoms with E-state index in [0.29, 0.717) is 6.04 Å². The molecule has 2 nitrogen and oxygen atoms in total. The highest BCUT2D eigenvalue weighted by molar-refractivity contribution is 4.88. The molecule has 0 saturated heterocycles. The van der Waals surface area contributed by atoms with Gasteiger partial charge in [-0.3, -0.25) is 4.90 Å². The summed E-state index contributed by atoms with van der Waals surface area (Å²) >= 11 is 0. The molecule has 1 saturated carbocycles. The van der Waals surface area contributed by atoms with E-state index in [9.17, 15) is 0 Å². The SMILES string of the molecule is CCCC(NC)C(CC)N(CC)C1CCCC1. The van der Waals surface area contributed by atoms with Crippen molar-refractivity contribution in [3.8, 4) is 0 Å². The molecule has 1 rings (SSSR count). The quantitative estimate of drug-likeness (QED) is 0.699. The minimum absolute atomic E-state index is 0.672. The summed E-state index contributed by atoms with van der Waals surface area (Å²) in [7, 11) is 2.13. The molecule has 2 heteroatoms. The molecule has 2 unspecified atom stereocenters. The molecular weight excluding hydrogens is 208 g/mol. The number of nitrogens with one attached hydrogen (secondary N) is 1. The first-order valence-corrected chi connectivity index (χ1v) is 7.71. The van der Waals surface area contributed by atoms with Crippen LogP contribution in [0.2, 0.25) is 0 Å². The molecule has 0 radical (unpaired) electrons. The van der Waals surface area contributed by atoms with Crippen molar-refractivity contribution in [3.63, 3.8) is 0 Å². The Morgan fingerprint density at radius 1 is 1.18 bits per heavy atom. The van der Waals surface area contributed by atoms with Crippen LogP contribution in [0.15, 0.2) is 0 Å². The van der Waals surface area contributed by atoms with Crippen LogP contribution in [0.25, 0.3) is 0 Å². The average Bonchev–Trinajstić information content (AvgIpc) is 2.87. The fourth-order valence-corrected chi connectivity index (χ4v) is 3.59. The maximum absolute atomic E-state index is 3.55. The Labute approximate surface area is 108 Å². The molecule has 102 valence electrons. The van der Waals surface area contributed by atoms with Crippen LogP contribution < -0.4 is 5.32 Å². The second-order valence-electron chi connectivity index (χ2n) is 5.43. The van der Waals surface area contributed by atoms with Crippen molar-refractivity contribution in [2.45, 2.75) is 83.8 Å². The van der Waals surface area contributed by atoms with Crippen molar-refractivity contribution in [1.29, 1.82) is 0 Å². The highest BCUT2D eigenvalue weighted by Gasteiger charge is 2.30. The molecular formula is C15H32N2. The minimum Gasteiger partial charge on any atom is -0.315 e. The van der Waals surface area contributed by atoms with Gasteiger partial charge in [0.05, 0.1) is 0 Å². The lowest BCUT2D eigenvalue weighted by Gasteiger charge is -2.40. The lowest BCUT2D eigenvalue weighted by Crippen LogP contribution is -2.52. The fourth-order valence-electron chi connectivity index (χ4n) is 3.59. The van der Waals surface area contributed by atoms with Crippen molar-refractivity contribution in [2.75, 3.05) is 13.6 Å². The number of hydrogen-bond acceptors (Lipinski definition) is 2. The van der Waals surface area contributed by atoms with Crippen LogP contribution in [0.4, 0.5) is 0 Å². The zero-order valence-corrected chi connectivity index (χ0v) is 12.3. The smallest absolute Gasteiger partial charge is 0.0249 e. The third-order valence-electron chi connectivity index (χ3n) is 4.44. The third kappa shape index (κ3) is 3.96. The molecule has 0 aromatic rings. The second kappa shape index (κ2) is 8.10. The first-order chi connectivity index (χ1) is 8.28. The normalized spacial score (nSPS) is 21.0. The molecule has 0 aromatic carbocycles. The summed E-state index contributed by atoms with van der Waals surface area (Å²) in [4.78, 5) is 2.78. The zero-order chi connectivity index (χ0) is 12.7. The fraction of sp³-hybridized carbons (Fsp3) is 1.00. The predicted molar refractivity (Wildman–Crippen MR) is 76.5 cm³/mol. The van der Waals surface area contributed by atoms with Crippen LogP contribution in [-0.2, 0) is 0 Å². The van der Waals surface area contributed by atoms with Crippen molar-refractivity contribution < 1.29 is 0 Å². The maximum atomic E-state index is 3.55. The predicted octanol–water partition coefficient (Wildman–Crippen LogP) is 3.42. The Morgan fingerprint density at radius 3 is 2.24 bits per heavy atom. The molecule has 0 spiro atoms. The second-order valence-corrected chi connectivity index (χ2v) is 5.43. The summed E-state index contributed by atoms with van der Waals surface area (Å²) < 4.78 is 0.